The van der Waals surface area contributed by atoms with Crippen molar-refractivity contribution in [3.63, 3.8) is 0 Å². The molecule has 0 radical (unpaired) electrons. The molecule has 0 heterocycles. The first-order valence-corrected chi connectivity index (χ1v) is 9.37. The number of ketones is 1. The average Bonchev–Trinajstić information content (AvgIpc) is 2.66. The number of sulfonamides is 1. The van der Waals surface area contributed by atoms with Gasteiger partial charge >= 0.3 is 0 Å². The lowest BCUT2D eigenvalue weighted by molar-refractivity contribution is -0.115. The lowest BCUT2D eigenvalue weighted by Gasteiger charge is -2.12. The Morgan fingerprint density at radius 3 is 2.41 bits per heavy atom. The molecule has 0 atom stereocenters. The highest BCUT2D eigenvalue weighted by Crippen LogP contribution is 2.27. The van der Waals surface area contributed by atoms with E-state index in [-0.39, 0.29) is 16.4 Å². The summed E-state index contributed by atoms with van der Waals surface area (Å²) in [7, 11) is -1.26. The van der Waals surface area contributed by atoms with Gasteiger partial charge in [0, 0.05) is 17.3 Å². The molecule has 2 aromatic carbocycles. The number of rotatable bonds is 8. The molecule has 0 bridgehead atoms. The minimum Gasteiger partial charge on any atom is -0.497 e. The highest BCUT2D eigenvalue weighted by atomic mass is 32.2. The number of anilines is 1. The maximum atomic E-state index is 12.5. The largest absolute Gasteiger partial charge is 0.497 e. The fourth-order valence-electron chi connectivity index (χ4n) is 2.25. The Kier molecular flexibility index (Phi) is 6.54. The van der Waals surface area contributed by atoms with Gasteiger partial charge in [0.05, 0.1) is 20.8 Å². The van der Waals surface area contributed by atoms with Crippen molar-refractivity contribution in [2.75, 3.05) is 26.1 Å². The Morgan fingerprint density at radius 2 is 1.78 bits per heavy atom. The predicted molar refractivity (Wildman–Crippen MR) is 99.8 cm³/mol. The quantitative estimate of drug-likeness (QED) is 0.663. The molecule has 1 amide bonds. The molecule has 0 aromatic heterocycles. The van der Waals surface area contributed by atoms with Crippen LogP contribution in [0.1, 0.15) is 17.3 Å². The summed E-state index contributed by atoms with van der Waals surface area (Å²) in [5.74, 6) is -0.266. The van der Waals surface area contributed by atoms with E-state index in [1.54, 1.807) is 24.3 Å². The van der Waals surface area contributed by atoms with Crippen molar-refractivity contribution < 1.29 is 27.5 Å². The van der Waals surface area contributed by atoms with Crippen LogP contribution in [0.2, 0.25) is 0 Å². The van der Waals surface area contributed by atoms with Gasteiger partial charge in [0.1, 0.15) is 16.4 Å². The molecule has 2 aromatic rings. The zero-order valence-electron chi connectivity index (χ0n) is 15.1. The molecule has 27 heavy (non-hydrogen) atoms. The first-order chi connectivity index (χ1) is 12.8. The standard InChI is InChI=1S/C18H20N2O6S/c1-12(21)13-5-4-6-14(9-13)20-18(22)11-19-27(23,24)17-10-15(25-2)7-8-16(17)26-3/h4-10,19H,11H2,1-3H3,(H,20,22). The summed E-state index contributed by atoms with van der Waals surface area (Å²) >= 11 is 0. The monoisotopic (exact) mass is 392 g/mol. The Balaban J connectivity index is 2.10. The molecular weight excluding hydrogens is 372 g/mol. The second-order valence-corrected chi connectivity index (χ2v) is 7.26. The summed E-state index contributed by atoms with van der Waals surface area (Å²) in [6.45, 7) is 0.920. The number of methoxy groups -OCH3 is 2. The van der Waals surface area contributed by atoms with Gasteiger partial charge in [-0.1, -0.05) is 12.1 Å². The van der Waals surface area contributed by atoms with E-state index in [9.17, 15) is 18.0 Å². The third-order valence-electron chi connectivity index (χ3n) is 3.64. The minimum absolute atomic E-state index is 0.123. The van der Waals surface area contributed by atoms with Crippen molar-refractivity contribution in [1.29, 1.82) is 0 Å². The summed E-state index contributed by atoms with van der Waals surface area (Å²) in [6.07, 6.45) is 0. The summed E-state index contributed by atoms with van der Waals surface area (Å²) in [5.41, 5.74) is 0.834. The van der Waals surface area contributed by atoms with Crippen LogP contribution in [-0.2, 0) is 14.8 Å². The van der Waals surface area contributed by atoms with E-state index in [0.29, 0.717) is 17.0 Å². The molecule has 0 saturated carbocycles. The van der Waals surface area contributed by atoms with E-state index in [4.69, 9.17) is 9.47 Å². The van der Waals surface area contributed by atoms with Crippen LogP contribution >= 0.6 is 0 Å². The number of ether oxygens (including phenoxy) is 2. The van der Waals surface area contributed by atoms with Crippen molar-refractivity contribution in [3.8, 4) is 11.5 Å². The van der Waals surface area contributed by atoms with E-state index in [0.717, 1.165) is 0 Å². The maximum absolute atomic E-state index is 12.5. The van der Waals surface area contributed by atoms with Crippen LogP contribution in [0, 0.1) is 0 Å². The molecule has 144 valence electrons. The van der Waals surface area contributed by atoms with E-state index < -0.39 is 22.5 Å². The van der Waals surface area contributed by atoms with E-state index in [1.807, 2.05) is 0 Å². The number of hydrogen-bond donors (Lipinski definition) is 2. The number of Topliss-reactive ketones (excluding diaryl/α,β-unsaturated/α-hetero) is 1. The average molecular weight is 392 g/mol. The molecule has 0 saturated heterocycles. The zero-order valence-corrected chi connectivity index (χ0v) is 15.9. The van der Waals surface area contributed by atoms with Gasteiger partial charge in [0.15, 0.2) is 5.78 Å². The highest BCUT2D eigenvalue weighted by Gasteiger charge is 2.21. The van der Waals surface area contributed by atoms with Gasteiger partial charge in [-0.2, -0.15) is 0 Å². The Labute approximate surface area is 157 Å². The first-order valence-electron chi connectivity index (χ1n) is 7.89. The summed E-state index contributed by atoms with van der Waals surface area (Å²) in [5, 5.41) is 2.54. The summed E-state index contributed by atoms with van der Waals surface area (Å²) < 4.78 is 37.3. The molecule has 0 fully saturated rings. The molecule has 8 nitrogen and oxygen atoms in total. The first kappa shape index (κ1) is 20.4. The molecule has 2 rings (SSSR count). The van der Waals surface area contributed by atoms with Gasteiger partial charge in [-0.3, -0.25) is 9.59 Å². The van der Waals surface area contributed by atoms with Crippen LogP contribution in [0.4, 0.5) is 5.69 Å². The van der Waals surface area contributed by atoms with Crippen LogP contribution in [0.25, 0.3) is 0 Å². The van der Waals surface area contributed by atoms with Crippen LogP contribution in [-0.4, -0.2) is 40.9 Å². The van der Waals surface area contributed by atoms with Crippen molar-refractivity contribution in [2.24, 2.45) is 0 Å². The molecule has 2 N–H and O–H groups in total. The number of benzene rings is 2. The van der Waals surface area contributed by atoms with Crippen LogP contribution < -0.4 is 19.5 Å². The summed E-state index contributed by atoms with van der Waals surface area (Å²) in [4.78, 5) is 23.3. The molecule has 0 unspecified atom stereocenters. The number of nitrogens with one attached hydrogen (secondary N) is 2. The van der Waals surface area contributed by atoms with E-state index in [2.05, 4.69) is 10.0 Å². The number of hydrogen-bond acceptors (Lipinski definition) is 6. The number of amides is 1. The third kappa shape index (κ3) is 5.28. The molecule has 0 aliphatic heterocycles. The molecule has 0 aliphatic rings. The normalized spacial score (nSPS) is 10.9. The van der Waals surface area contributed by atoms with E-state index >= 15 is 0 Å². The molecule has 0 spiro atoms. The number of carbonyl (C=O) groups excluding carboxylic acids is 2. The fraction of sp³-hybridized carbons (Fsp3) is 0.222. The van der Waals surface area contributed by atoms with Gasteiger partial charge in [0.2, 0.25) is 15.9 Å². The molecular formula is C18H20N2O6S. The van der Waals surface area contributed by atoms with Gasteiger partial charge in [-0.05, 0) is 31.2 Å². The van der Waals surface area contributed by atoms with Crippen LogP contribution in [0.15, 0.2) is 47.4 Å². The van der Waals surface area contributed by atoms with Crippen LogP contribution in [0.3, 0.4) is 0 Å². The highest BCUT2D eigenvalue weighted by molar-refractivity contribution is 7.89. The number of carbonyl (C=O) groups is 2. The van der Waals surface area contributed by atoms with Crippen LogP contribution in [0.5, 0.6) is 11.5 Å². The Hall–Kier alpha value is -2.91. The topological polar surface area (TPSA) is 111 Å². The Bertz CT molecular complexity index is 956. The van der Waals surface area contributed by atoms with Gasteiger partial charge in [-0.15, -0.1) is 0 Å². The Morgan fingerprint density at radius 1 is 1.04 bits per heavy atom. The smallest absolute Gasteiger partial charge is 0.244 e. The third-order valence-corrected chi connectivity index (χ3v) is 5.06. The second kappa shape index (κ2) is 8.65. The van der Waals surface area contributed by atoms with Gasteiger partial charge < -0.3 is 14.8 Å². The minimum atomic E-state index is -4.01. The van der Waals surface area contributed by atoms with Crippen molar-refractivity contribution in [2.45, 2.75) is 11.8 Å². The lowest BCUT2D eigenvalue weighted by Crippen LogP contribution is -2.33. The maximum Gasteiger partial charge on any atom is 0.244 e. The fourth-order valence-corrected chi connectivity index (χ4v) is 3.42. The lowest BCUT2D eigenvalue weighted by atomic mass is 10.1. The molecule has 0 aliphatic carbocycles. The van der Waals surface area contributed by atoms with Crippen molar-refractivity contribution >= 4 is 27.4 Å². The summed E-state index contributed by atoms with van der Waals surface area (Å²) in [6, 6.07) is 10.7. The van der Waals surface area contributed by atoms with Gasteiger partial charge in [0.25, 0.3) is 0 Å². The van der Waals surface area contributed by atoms with Crippen molar-refractivity contribution in [3.05, 3.63) is 48.0 Å². The van der Waals surface area contributed by atoms with Gasteiger partial charge in [-0.25, -0.2) is 13.1 Å². The van der Waals surface area contributed by atoms with Crippen molar-refractivity contribution in [1.82, 2.24) is 4.72 Å². The second-order valence-electron chi connectivity index (χ2n) is 5.53. The zero-order chi connectivity index (χ0) is 20.0. The predicted octanol–water partition coefficient (Wildman–Crippen LogP) is 1.82. The van der Waals surface area contributed by atoms with E-state index in [1.165, 1.54) is 39.3 Å². The SMILES string of the molecule is COc1ccc(OC)c(S(=O)(=O)NCC(=O)Nc2cccc(C(C)=O)c2)c1. The molecule has 9 heteroatoms.